The van der Waals surface area contributed by atoms with E-state index in [2.05, 4.69) is 16.3 Å². The number of carbonyl (C=O) groups excluding carboxylic acids is 1. The van der Waals surface area contributed by atoms with Crippen LogP contribution in [0.25, 0.3) is 0 Å². The van der Waals surface area contributed by atoms with Crippen LogP contribution in [0.2, 0.25) is 0 Å². The lowest BCUT2D eigenvalue weighted by molar-refractivity contribution is -0.137. The number of halogens is 4. The molecule has 37 heavy (non-hydrogen) atoms. The summed E-state index contributed by atoms with van der Waals surface area (Å²) >= 11 is 0. The number of hydrogen-bond donors (Lipinski definition) is 1. The van der Waals surface area contributed by atoms with Crippen LogP contribution < -0.4 is 5.32 Å². The van der Waals surface area contributed by atoms with Crippen molar-refractivity contribution in [3.63, 3.8) is 0 Å². The maximum atomic E-state index is 13.9. The Kier molecular flexibility index (Phi) is 8.70. The van der Waals surface area contributed by atoms with Gasteiger partial charge >= 0.3 is 12.2 Å². The smallest absolute Gasteiger partial charge is 0.322 e. The first-order chi connectivity index (χ1) is 17.7. The summed E-state index contributed by atoms with van der Waals surface area (Å²) in [5.41, 5.74) is 0.394. The van der Waals surface area contributed by atoms with Crippen molar-refractivity contribution in [3.8, 4) is 6.07 Å². The lowest BCUT2D eigenvalue weighted by Crippen LogP contribution is -2.45. The van der Waals surface area contributed by atoms with E-state index in [0.717, 1.165) is 69.4 Å². The lowest BCUT2D eigenvalue weighted by atomic mass is 9.81. The van der Waals surface area contributed by atoms with Gasteiger partial charge in [0, 0.05) is 18.3 Å². The molecule has 0 bridgehead atoms. The van der Waals surface area contributed by atoms with E-state index in [9.17, 15) is 27.6 Å². The summed E-state index contributed by atoms with van der Waals surface area (Å²) in [4.78, 5) is 17.4. The molecule has 1 saturated carbocycles. The molecule has 0 atom stereocenters. The first-order valence-electron chi connectivity index (χ1n) is 12.9. The molecular weight excluding hydrogens is 484 g/mol. The zero-order chi connectivity index (χ0) is 26.4. The second-order valence-corrected chi connectivity index (χ2v) is 9.99. The highest BCUT2D eigenvalue weighted by atomic mass is 19.4. The summed E-state index contributed by atoms with van der Waals surface area (Å²) in [7, 11) is 0. The molecule has 2 aliphatic rings. The Morgan fingerprint density at radius 1 is 1.08 bits per heavy atom. The van der Waals surface area contributed by atoms with Gasteiger partial charge in [-0.1, -0.05) is 12.1 Å². The van der Waals surface area contributed by atoms with Crippen molar-refractivity contribution in [2.45, 2.75) is 63.1 Å². The lowest BCUT2D eigenvalue weighted by Gasteiger charge is -2.37. The van der Waals surface area contributed by atoms with E-state index >= 15 is 0 Å². The second-order valence-electron chi connectivity index (χ2n) is 9.99. The van der Waals surface area contributed by atoms with Crippen molar-refractivity contribution in [2.75, 3.05) is 31.5 Å². The first-order valence-corrected chi connectivity index (χ1v) is 12.9. The van der Waals surface area contributed by atoms with Crippen molar-refractivity contribution in [3.05, 3.63) is 65.0 Å². The highest BCUT2D eigenvalue weighted by Gasteiger charge is 2.33. The standard InChI is InChI=1S/C28H32F4N4O/c29-24-16-23(28(30,31)32)17-25(18-24)34-27(37)36(14-4-13-35-11-1-2-12-35)26-9-7-21(8-10-26)22-6-3-5-20(15-22)19-33/h3,5-6,15-18,21,26H,1-2,4,7-14H2,(H,34,37)/t21-,26+. The van der Waals surface area contributed by atoms with Gasteiger partial charge in [-0.25, -0.2) is 9.18 Å². The number of anilines is 1. The molecule has 2 fully saturated rings. The Labute approximate surface area is 215 Å². The molecule has 1 aliphatic heterocycles. The van der Waals surface area contributed by atoms with E-state index in [1.54, 1.807) is 11.0 Å². The van der Waals surface area contributed by atoms with Gasteiger partial charge in [0.2, 0.25) is 0 Å². The van der Waals surface area contributed by atoms with Crippen LogP contribution in [0.1, 0.15) is 67.6 Å². The molecule has 1 N–H and O–H groups in total. The van der Waals surface area contributed by atoms with E-state index in [1.807, 2.05) is 18.2 Å². The van der Waals surface area contributed by atoms with Crippen molar-refractivity contribution in [2.24, 2.45) is 0 Å². The summed E-state index contributed by atoms with van der Waals surface area (Å²) in [6.07, 6.45) is 1.56. The number of nitriles is 1. The normalized spacial score (nSPS) is 20.4. The number of benzene rings is 2. The average Bonchev–Trinajstić information content (AvgIpc) is 3.39. The Balaban J connectivity index is 1.45. The van der Waals surface area contributed by atoms with Crippen molar-refractivity contribution in [1.29, 1.82) is 5.26 Å². The Morgan fingerprint density at radius 2 is 1.81 bits per heavy atom. The number of urea groups is 1. The van der Waals surface area contributed by atoms with E-state index in [0.29, 0.717) is 18.2 Å². The van der Waals surface area contributed by atoms with Gasteiger partial charge in [0.25, 0.3) is 0 Å². The van der Waals surface area contributed by atoms with Crippen molar-refractivity contribution < 1.29 is 22.4 Å². The quantitative estimate of drug-likeness (QED) is 0.414. The van der Waals surface area contributed by atoms with Gasteiger partial charge in [0.05, 0.1) is 17.2 Å². The minimum Gasteiger partial charge on any atom is -0.322 e. The van der Waals surface area contributed by atoms with Crippen molar-refractivity contribution >= 4 is 11.7 Å². The minimum atomic E-state index is -4.71. The minimum absolute atomic E-state index is 0.0652. The summed E-state index contributed by atoms with van der Waals surface area (Å²) in [6.45, 7) is 3.42. The molecule has 0 spiro atoms. The van der Waals surface area contributed by atoms with Gasteiger partial charge < -0.3 is 15.1 Å². The molecular formula is C28H32F4N4O. The highest BCUT2D eigenvalue weighted by Crippen LogP contribution is 2.36. The Hall–Kier alpha value is -3.12. The van der Waals surface area contributed by atoms with Crippen LogP contribution in [0.5, 0.6) is 0 Å². The number of likely N-dealkylation sites (tertiary alicyclic amines) is 1. The molecule has 4 rings (SSSR count). The second kappa shape index (κ2) is 12.0. The maximum absolute atomic E-state index is 13.9. The van der Waals surface area contributed by atoms with E-state index in [4.69, 9.17) is 0 Å². The summed E-state index contributed by atoms with van der Waals surface area (Å²) in [6, 6.07) is 11.3. The van der Waals surface area contributed by atoms with Gasteiger partial charge in [0.15, 0.2) is 0 Å². The third kappa shape index (κ3) is 7.22. The van der Waals surface area contributed by atoms with Crippen LogP contribution in [-0.2, 0) is 6.18 Å². The fraction of sp³-hybridized carbons (Fsp3) is 0.500. The number of carbonyl (C=O) groups is 1. The molecule has 1 aliphatic carbocycles. The summed E-state index contributed by atoms with van der Waals surface area (Å²) in [5, 5.41) is 11.7. The highest BCUT2D eigenvalue weighted by molar-refractivity contribution is 5.89. The maximum Gasteiger partial charge on any atom is 0.416 e. The first kappa shape index (κ1) is 26.9. The van der Waals surface area contributed by atoms with Crippen LogP contribution in [0.15, 0.2) is 42.5 Å². The number of amides is 2. The van der Waals surface area contributed by atoms with Crippen LogP contribution >= 0.6 is 0 Å². The molecule has 5 nitrogen and oxygen atoms in total. The fourth-order valence-electron chi connectivity index (χ4n) is 5.52. The van der Waals surface area contributed by atoms with Gasteiger partial charge in [-0.3, -0.25) is 0 Å². The number of rotatable bonds is 7. The number of nitrogens with one attached hydrogen (secondary N) is 1. The summed E-state index contributed by atoms with van der Waals surface area (Å²) < 4.78 is 53.4. The fourth-order valence-corrected chi connectivity index (χ4v) is 5.52. The van der Waals surface area contributed by atoms with E-state index in [-0.39, 0.29) is 17.6 Å². The predicted molar refractivity (Wildman–Crippen MR) is 134 cm³/mol. The third-order valence-electron chi connectivity index (χ3n) is 7.43. The molecule has 1 heterocycles. The molecule has 9 heteroatoms. The van der Waals surface area contributed by atoms with Crippen LogP contribution in [0.4, 0.5) is 28.0 Å². The topological polar surface area (TPSA) is 59.4 Å². The van der Waals surface area contributed by atoms with E-state index < -0.39 is 23.6 Å². The largest absolute Gasteiger partial charge is 0.416 e. The molecule has 2 amide bonds. The zero-order valence-electron chi connectivity index (χ0n) is 20.7. The molecule has 1 saturated heterocycles. The monoisotopic (exact) mass is 516 g/mol. The molecule has 0 aromatic heterocycles. The molecule has 198 valence electrons. The summed E-state index contributed by atoms with van der Waals surface area (Å²) in [5.74, 6) is -0.762. The van der Waals surface area contributed by atoms with Gasteiger partial charge in [-0.05, 0) is 106 Å². The molecule has 0 unspecified atom stereocenters. The molecule has 0 radical (unpaired) electrons. The third-order valence-corrected chi connectivity index (χ3v) is 7.43. The Bertz CT molecular complexity index is 1120. The predicted octanol–water partition coefficient (Wildman–Crippen LogP) is 6.76. The SMILES string of the molecule is N#Cc1cccc([C@H]2CC[C@@H](N(CCCN3CCCC3)C(=O)Nc3cc(F)cc(C(F)(F)F)c3)CC2)c1. The van der Waals surface area contributed by atoms with Gasteiger partial charge in [-0.15, -0.1) is 0 Å². The number of alkyl halides is 3. The van der Waals surface area contributed by atoms with Crippen molar-refractivity contribution in [1.82, 2.24) is 9.80 Å². The van der Waals surface area contributed by atoms with Crippen LogP contribution in [-0.4, -0.2) is 48.1 Å². The Morgan fingerprint density at radius 3 is 2.49 bits per heavy atom. The molecule has 2 aromatic carbocycles. The van der Waals surface area contributed by atoms with Crippen LogP contribution in [0, 0.1) is 17.1 Å². The zero-order valence-corrected chi connectivity index (χ0v) is 20.7. The van der Waals surface area contributed by atoms with Gasteiger partial charge in [0.1, 0.15) is 5.82 Å². The van der Waals surface area contributed by atoms with E-state index in [1.165, 1.54) is 12.8 Å². The molecule has 2 aromatic rings. The average molecular weight is 517 g/mol. The van der Waals surface area contributed by atoms with Crippen LogP contribution in [0.3, 0.4) is 0 Å². The van der Waals surface area contributed by atoms with Gasteiger partial charge in [-0.2, -0.15) is 18.4 Å². The number of nitrogens with zero attached hydrogens (tertiary/aromatic N) is 3. The number of hydrogen-bond acceptors (Lipinski definition) is 3.